The standard InChI is InChI=1S/C32H38Cl3N3O4S/c1-5-23(3)36-32(40)30(18-24-10-7-6-8-11-24)37(21-25-14-16-26(33)19-28(25)35)31(39)12-9-17-38(43(4,41)42)29-20-27(34)15-13-22(29)2/h6-8,10-11,13-16,19-20,23,30H,5,9,12,17-18,21H2,1-4H3,(H,36,40)/t23-,30+/m1/s1. The van der Waals surface area contributed by atoms with Crippen molar-refractivity contribution in [3.05, 3.63) is 98.5 Å². The lowest BCUT2D eigenvalue weighted by Crippen LogP contribution is -2.52. The SMILES string of the molecule is CC[C@@H](C)NC(=O)[C@H](Cc1ccccc1)N(Cc1ccc(Cl)cc1Cl)C(=O)CCCN(c1cc(Cl)ccc1C)S(C)(=O)=O. The van der Waals surface area contributed by atoms with E-state index < -0.39 is 16.1 Å². The smallest absolute Gasteiger partial charge is 0.243 e. The van der Waals surface area contributed by atoms with Crippen LogP contribution in [0.5, 0.6) is 0 Å². The summed E-state index contributed by atoms with van der Waals surface area (Å²) in [6.07, 6.45) is 2.36. The number of nitrogens with zero attached hydrogens (tertiary/aromatic N) is 2. The molecule has 0 aliphatic rings. The molecule has 232 valence electrons. The van der Waals surface area contributed by atoms with Crippen molar-refractivity contribution >= 4 is 62.3 Å². The van der Waals surface area contributed by atoms with Gasteiger partial charge in [-0.2, -0.15) is 0 Å². The van der Waals surface area contributed by atoms with Gasteiger partial charge in [0.25, 0.3) is 0 Å². The highest BCUT2D eigenvalue weighted by Gasteiger charge is 2.31. The Balaban J connectivity index is 1.94. The summed E-state index contributed by atoms with van der Waals surface area (Å²) in [6, 6.07) is 18.7. The van der Waals surface area contributed by atoms with Crippen molar-refractivity contribution in [3.8, 4) is 0 Å². The van der Waals surface area contributed by atoms with Gasteiger partial charge < -0.3 is 10.2 Å². The molecule has 0 spiro atoms. The van der Waals surface area contributed by atoms with E-state index in [9.17, 15) is 18.0 Å². The lowest BCUT2D eigenvalue weighted by atomic mass is 10.0. The molecule has 0 aliphatic carbocycles. The molecule has 2 atom stereocenters. The molecule has 7 nitrogen and oxygen atoms in total. The first-order valence-electron chi connectivity index (χ1n) is 14.1. The first-order chi connectivity index (χ1) is 20.3. The van der Waals surface area contributed by atoms with Gasteiger partial charge in [-0.1, -0.05) is 84.2 Å². The van der Waals surface area contributed by atoms with Gasteiger partial charge in [-0.05, 0) is 67.6 Å². The van der Waals surface area contributed by atoms with Gasteiger partial charge >= 0.3 is 0 Å². The second-order valence-electron chi connectivity index (χ2n) is 10.7. The van der Waals surface area contributed by atoms with Gasteiger partial charge in [0.1, 0.15) is 6.04 Å². The number of halogens is 3. The zero-order valence-electron chi connectivity index (χ0n) is 24.8. The number of hydrogen-bond donors (Lipinski definition) is 1. The highest BCUT2D eigenvalue weighted by molar-refractivity contribution is 7.92. The van der Waals surface area contributed by atoms with Crippen LogP contribution in [0.4, 0.5) is 5.69 Å². The molecule has 0 fully saturated rings. The van der Waals surface area contributed by atoms with Crippen LogP contribution in [0.2, 0.25) is 15.1 Å². The predicted octanol–water partition coefficient (Wildman–Crippen LogP) is 7.06. The van der Waals surface area contributed by atoms with Crippen LogP contribution in [0, 0.1) is 6.92 Å². The Morgan fingerprint density at radius 3 is 2.23 bits per heavy atom. The molecule has 2 amide bonds. The summed E-state index contributed by atoms with van der Waals surface area (Å²) in [7, 11) is -3.66. The number of nitrogens with one attached hydrogen (secondary N) is 1. The maximum Gasteiger partial charge on any atom is 0.243 e. The number of carbonyl (C=O) groups excluding carboxylic acids is 2. The number of aryl methyl sites for hydroxylation is 1. The maximum atomic E-state index is 14.0. The third-order valence-electron chi connectivity index (χ3n) is 7.22. The summed E-state index contributed by atoms with van der Waals surface area (Å²) in [6.45, 7) is 5.82. The van der Waals surface area contributed by atoms with E-state index >= 15 is 0 Å². The van der Waals surface area contributed by atoms with Gasteiger partial charge in [0.2, 0.25) is 21.8 Å². The van der Waals surface area contributed by atoms with E-state index in [1.807, 2.05) is 44.2 Å². The Hall–Kier alpha value is -2.78. The Morgan fingerprint density at radius 1 is 0.953 bits per heavy atom. The molecule has 0 unspecified atom stereocenters. The van der Waals surface area contributed by atoms with Crippen LogP contribution in [0.3, 0.4) is 0 Å². The van der Waals surface area contributed by atoms with Gasteiger partial charge in [0.15, 0.2) is 0 Å². The zero-order valence-corrected chi connectivity index (χ0v) is 27.9. The molecule has 0 aliphatic heterocycles. The van der Waals surface area contributed by atoms with Gasteiger partial charge in [0.05, 0.1) is 11.9 Å². The van der Waals surface area contributed by atoms with Crippen molar-refractivity contribution < 1.29 is 18.0 Å². The Bertz CT molecular complexity index is 1520. The second kappa shape index (κ2) is 15.8. The molecular weight excluding hydrogens is 629 g/mol. The van der Waals surface area contributed by atoms with Gasteiger partial charge in [-0.15, -0.1) is 0 Å². The fourth-order valence-electron chi connectivity index (χ4n) is 4.66. The van der Waals surface area contributed by atoms with Crippen LogP contribution in [-0.4, -0.2) is 50.0 Å². The van der Waals surface area contributed by atoms with Crippen molar-refractivity contribution in [1.82, 2.24) is 10.2 Å². The highest BCUT2D eigenvalue weighted by Crippen LogP contribution is 2.28. The van der Waals surface area contributed by atoms with Crippen molar-refractivity contribution in [2.24, 2.45) is 0 Å². The van der Waals surface area contributed by atoms with Crippen LogP contribution < -0.4 is 9.62 Å². The monoisotopic (exact) mass is 665 g/mol. The van der Waals surface area contributed by atoms with E-state index in [-0.39, 0.29) is 50.2 Å². The number of sulfonamides is 1. The number of amides is 2. The third-order valence-corrected chi connectivity index (χ3v) is 9.22. The molecule has 11 heteroatoms. The summed E-state index contributed by atoms with van der Waals surface area (Å²) < 4.78 is 26.8. The van der Waals surface area contributed by atoms with Crippen molar-refractivity contribution in [3.63, 3.8) is 0 Å². The summed E-state index contributed by atoms with van der Waals surface area (Å²) in [5.41, 5.74) is 2.74. The average molecular weight is 667 g/mol. The van der Waals surface area contributed by atoms with E-state index in [2.05, 4.69) is 5.32 Å². The topological polar surface area (TPSA) is 86.8 Å². The number of rotatable bonds is 14. The van der Waals surface area contributed by atoms with E-state index in [4.69, 9.17) is 34.8 Å². The Morgan fingerprint density at radius 2 is 1.60 bits per heavy atom. The molecule has 43 heavy (non-hydrogen) atoms. The minimum atomic E-state index is -3.66. The number of anilines is 1. The van der Waals surface area contributed by atoms with Crippen molar-refractivity contribution in [1.29, 1.82) is 0 Å². The van der Waals surface area contributed by atoms with Gasteiger partial charge in [-0.3, -0.25) is 13.9 Å². The van der Waals surface area contributed by atoms with Crippen LogP contribution in [0.1, 0.15) is 49.8 Å². The fraction of sp³-hybridized carbons (Fsp3) is 0.375. The fourth-order valence-corrected chi connectivity index (χ4v) is 6.31. The maximum absolute atomic E-state index is 14.0. The lowest BCUT2D eigenvalue weighted by molar-refractivity contribution is -0.141. The molecule has 3 aromatic rings. The van der Waals surface area contributed by atoms with Crippen molar-refractivity contribution in [2.75, 3.05) is 17.1 Å². The van der Waals surface area contributed by atoms with Crippen LogP contribution in [-0.2, 0) is 32.6 Å². The summed E-state index contributed by atoms with van der Waals surface area (Å²) in [5.74, 6) is -0.577. The van der Waals surface area contributed by atoms with Gasteiger partial charge in [0, 0.05) is 47.0 Å². The largest absolute Gasteiger partial charge is 0.352 e. The van der Waals surface area contributed by atoms with Crippen LogP contribution in [0.15, 0.2) is 66.7 Å². The Kier molecular flexibility index (Phi) is 12.8. The van der Waals surface area contributed by atoms with E-state index in [1.165, 1.54) is 9.21 Å². The van der Waals surface area contributed by atoms with Gasteiger partial charge in [-0.25, -0.2) is 8.42 Å². The summed E-state index contributed by atoms with van der Waals surface area (Å²) in [4.78, 5) is 29.2. The number of benzene rings is 3. The molecule has 0 saturated carbocycles. The average Bonchev–Trinajstić information content (AvgIpc) is 2.95. The molecule has 0 aromatic heterocycles. The zero-order chi connectivity index (χ0) is 31.7. The number of hydrogen-bond acceptors (Lipinski definition) is 4. The third kappa shape index (κ3) is 10.1. The Labute approximate surface area is 270 Å². The molecule has 0 heterocycles. The quantitative estimate of drug-likeness (QED) is 0.200. The van der Waals surface area contributed by atoms with Crippen molar-refractivity contribution in [2.45, 2.75) is 65.1 Å². The van der Waals surface area contributed by atoms with Crippen LogP contribution >= 0.6 is 34.8 Å². The predicted molar refractivity (Wildman–Crippen MR) is 176 cm³/mol. The minimum Gasteiger partial charge on any atom is -0.352 e. The molecule has 0 saturated heterocycles. The summed E-state index contributed by atoms with van der Waals surface area (Å²) in [5, 5.41) is 4.28. The van der Waals surface area contributed by atoms with E-state index in [0.717, 1.165) is 23.8 Å². The highest BCUT2D eigenvalue weighted by atomic mass is 35.5. The molecule has 3 rings (SSSR count). The second-order valence-corrected chi connectivity index (χ2v) is 13.8. The molecule has 0 bridgehead atoms. The first kappa shape index (κ1) is 34.7. The molecule has 0 radical (unpaired) electrons. The minimum absolute atomic E-state index is 0.00125. The molecular formula is C32H38Cl3N3O4S. The lowest BCUT2D eigenvalue weighted by Gasteiger charge is -2.33. The normalized spacial score (nSPS) is 12.8. The van der Waals surface area contributed by atoms with E-state index in [1.54, 1.807) is 43.3 Å². The summed E-state index contributed by atoms with van der Waals surface area (Å²) >= 11 is 18.8. The molecule has 1 N–H and O–H groups in total. The number of carbonyl (C=O) groups is 2. The van der Waals surface area contributed by atoms with Crippen LogP contribution in [0.25, 0.3) is 0 Å². The first-order valence-corrected chi connectivity index (χ1v) is 17.1. The van der Waals surface area contributed by atoms with E-state index in [0.29, 0.717) is 26.3 Å². The molecule has 3 aromatic carbocycles.